The molecule has 0 radical (unpaired) electrons. The van der Waals surface area contributed by atoms with E-state index in [-0.39, 0.29) is 28.2 Å². The number of carbonyl (C=O) groups is 3. The number of hydrogen-bond donors (Lipinski definition) is 3. The first-order valence-electron chi connectivity index (χ1n) is 14.2. The van der Waals surface area contributed by atoms with E-state index >= 15 is 4.39 Å². The predicted molar refractivity (Wildman–Crippen MR) is 161 cm³/mol. The van der Waals surface area contributed by atoms with E-state index in [1.54, 1.807) is 50.2 Å². The predicted octanol–water partition coefficient (Wildman–Crippen LogP) is 6.65. The Morgan fingerprint density at radius 3 is 2.52 bits per heavy atom. The summed E-state index contributed by atoms with van der Waals surface area (Å²) in [6.07, 6.45) is 5.37. The average Bonchev–Trinajstić information content (AvgIpc) is 3.42. The van der Waals surface area contributed by atoms with Crippen LogP contribution in [0.1, 0.15) is 73.5 Å². The minimum atomic E-state index is -1.31. The molecule has 1 saturated carbocycles. The summed E-state index contributed by atoms with van der Waals surface area (Å²) >= 11 is 12.6. The van der Waals surface area contributed by atoms with Crippen molar-refractivity contribution in [1.29, 1.82) is 0 Å². The molecule has 7 nitrogen and oxygen atoms in total. The van der Waals surface area contributed by atoms with Gasteiger partial charge in [0.2, 0.25) is 11.8 Å². The van der Waals surface area contributed by atoms with Crippen molar-refractivity contribution in [3.05, 3.63) is 87.4 Å². The summed E-state index contributed by atoms with van der Waals surface area (Å²) in [6.45, 7) is 3.59. The molecule has 2 aromatic carbocycles. The first kappa shape index (κ1) is 28.8. The van der Waals surface area contributed by atoms with Gasteiger partial charge in [-0.1, -0.05) is 74.5 Å². The van der Waals surface area contributed by atoms with E-state index in [0.717, 1.165) is 19.3 Å². The van der Waals surface area contributed by atoms with Gasteiger partial charge in [0.1, 0.15) is 16.9 Å². The molecule has 1 aromatic heterocycles. The molecule has 0 unspecified atom stereocenters. The lowest BCUT2D eigenvalue weighted by molar-refractivity contribution is -0.124. The van der Waals surface area contributed by atoms with Gasteiger partial charge in [-0.25, -0.2) is 4.39 Å². The van der Waals surface area contributed by atoms with Crippen LogP contribution >= 0.6 is 23.2 Å². The number of amides is 2. The van der Waals surface area contributed by atoms with Gasteiger partial charge in [-0.05, 0) is 54.3 Å². The molecule has 3 N–H and O–H groups in total. The number of nitrogens with one attached hydrogen (secondary N) is 3. The van der Waals surface area contributed by atoms with Crippen molar-refractivity contribution < 1.29 is 18.8 Å². The maximum atomic E-state index is 16.0. The lowest BCUT2D eigenvalue weighted by Gasteiger charge is -2.47. The van der Waals surface area contributed by atoms with Gasteiger partial charge in [0.25, 0.3) is 0 Å². The lowest BCUT2D eigenvalue weighted by Crippen LogP contribution is -2.60. The molecule has 3 aromatic rings. The van der Waals surface area contributed by atoms with Crippen molar-refractivity contribution in [3.63, 3.8) is 0 Å². The molecule has 10 heteroatoms. The zero-order valence-electron chi connectivity index (χ0n) is 23.3. The Balaban J connectivity index is 1.50. The van der Waals surface area contributed by atoms with Crippen molar-refractivity contribution in [3.8, 4) is 0 Å². The van der Waals surface area contributed by atoms with Crippen molar-refractivity contribution in [2.75, 3.05) is 10.6 Å². The van der Waals surface area contributed by atoms with Crippen molar-refractivity contribution in [2.24, 2.45) is 5.92 Å². The number of benzene rings is 2. The fraction of sp³-hybridized carbons (Fsp3) is 0.375. The van der Waals surface area contributed by atoms with Crippen LogP contribution in [-0.4, -0.2) is 34.2 Å². The van der Waals surface area contributed by atoms with Crippen molar-refractivity contribution in [2.45, 2.75) is 68.9 Å². The van der Waals surface area contributed by atoms with Crippen molar-refractivity contribution in [1.82, 2.24) is 10.3 Å². The van der Waals surface area contributed by atoms with E-state index < -0.39 is 34.6 Å². The summed E-state index contributed by atoms with van der Waals surface area (Å²) in [5.41, 5.74) is -0.0278. The Morgan fingerprint density at radius 1 is 1.07 bits per heavy atom. The lowest BCUT2D eigenvalue weighted by atomic mass is 9.55. The summed E-state index contributed by atoms with van der Waals surface area (Å²) in [4.78, 5) is 45.2. The van der Waals surface area contributed by atoms with Crippen LogP contribution in [0.2, 0.25) is 10.0 Å². The average molecular weight is 610 g/mol. The highest BCUT2D eigenvalue weighted by molar-refractivity contribution is 6.31. The summed E-state index contributed by atoms with van der Waals surface area (Å²) < 4.78 is 16.0. The first-order valence-corrected chi connectivity index (χ1v) is 15.0. The van der Waals surface area contributed by atoms with Crippen LogP contribution in [-0.2, 0) is 15.0 Å². The third-order valence-corrected chi connectivity index (χ3v) is 9.64. The number of hydrogen-bond acceptors (Lipinski definition) is 5. The van der Waals surface area contributed by atoms with Crippen molar-refractivity contribution >= 4 is 52.2 Å². The number of rotatable bonds is 5. The van der Waals surface area contributed by atoms with Crippen LogP contribution in [0, 0.1) is 11.7 Å². The quantitative estimate of drug-likeness (QED) is 0.281. The number of halogens is 3. The number of fused-ring (bicyclic) bond motifs is 3. The second-order valence-electron chi connectivity index (χ2n) is 11.8. The van der Waals surface area contributed by atoms with Gasteiger partial charge in [-0.2, -0.15) is 0 Å². The standard InChI is InChI=1S/C32H31Cl2FN4O3/c1-17(2)28(40)23-12-10-19(16-36-23)37-29(41)27-25(20-7-6-8-22(34)26(20)35)32(31(39-27)13-4-3-5-14-31)21-11-9-18(33)15-24(21)38-30(32)42/h6-12,15-17,25,27,39H,3-5,13-14H2,1-2H3,(H,37,41)(H,38,42)/t25-,27+,32+/m0/s1. The Morgan fingerprint density at radius 2 is 1.83 bits per heavy atom. The summed E-state index contributed by atoms with van der Waals surface area (Å²) in [5, 5.41) is 9.89. The smallest absolute Gasteiger partial charge is 0.242 e. The molecule has 3 heterocycles. The molecule has 3 aliphatic rings. The van der Waals surface area contributed by atoms with Gasteiger partial charge in [-0.3, -0.25) is 24.7 Å². The number of pyridine rings is 1. The van der Waals surface area contributed by atoms with Crippen LogP contribution in [0.3, 0.4) is 0 Å². The first-order chi connectivity index (χ1) is 20.1. The molecule has 3 atom stereocenters. The Bertz CT molecular complexity index is 1590. The Kier molecular flexibility index (Phi) is 7.36. The molecule has 2 aliphatic heterocycles. The molecule has 218 valence electrons. The second-order valence-corrected chi connectivity index (χ2v) is 12.6. The number of Topliss-reactive ketones (excluding diaryl/α,β-unsaturated/α-hetero) is 1. The van der Waals surface area contributed by atoms with Gasteiger partial charge in [-0.15, -0.1) is 0 Å². The highest BCUT2D eigenvalue weighted by Crippen LogP contribution is 2.62. The van der Waals surface area contributed by atoms with Crippen LogP contribution in [0.4, 0.5) is 15.8 Å². The largest absolute Gasteiger partial charge is 0.325 e. The van der Waals surface area contributed by atoms with Crippen LogP contribution in [0.5, 0.6) is 0 Å². The molecular formula is C32H31Cl2FN4O3. The van der Waals surface area contributed by atoms with Gasteiger partial charge in [0.05, 0.1) is 22.9 Å². The number of aromatic nitrogens is 1. The SMILES string of the molecule is CC(C)C(=O)c1ccc(NC(=O)[C@@H]2NC3(CCCCC3)[C@@]3(C(=O)Nc4cc(Cl)ccc43)[C@H]2c2cccc(Cl)c2F)cn1. The fourth-order valence-electron chi connectivity index (χ4n) is 7.35. The van der Waals surface area contributed by atoms with E-state index in [2.05, 4.69) is 20.9 Å². The van der Waals surface area contributed by atoms with Gasteiger partial charge >= 0.3 is 0 Å². The molecule has 2 amide bonds. The van der Waals surface area contributed by atoms with E-state index in [9.17, 15) is 14.4 Å². The maximum absolute atomic E-state index is 16.0. The van der Waals surface area contributed by atoms with Gasteiger partial charge in [0.15, 0.2) is 5.78 Å². The normalized spacial score (nSPS) is 24.2. The summed E-state index contributed by atoms with van der Waals surface area (Å²) in [5.74, 6) is -2.66. The zero-order chi connectivity index (χ0) is 29.8. The third-order valence-electron chi connectivity index (χ3n) is 9.11. The molecule has 42 heavy (non-hydrogen) atoms. The minimum Gasteiger partial charge on any atom is -0.325 e. The minimum absolute atomic E-state index is 0.0873. The number of anilines is 2. The molecule has 1 saturated heterocycles. The fourth-order valence-corrected chi connectivity index (χ4v) is 7.70. The van der Waals surface area contributed by atoms with Gasteiger partial charge in [0, 0.05) is 28.1 Å². The number of nitrogens with zero attached hydrogens (tertiary/aromatic N) is 1. The highest BCUT2D eigenvalue weighted by atomic mass is 35.5. The number of ketones is 1. The molecular weight excluding hydrogens is 578 g/mol. The third kappa shape index (κ3) is 4.34. The molecule has 0 bridgehead atoms. The molecule has 2 spiro atoms. The van der Waals surface area contributed by atoms with Crippen LogP contribution in [0.25, 0.3) is 0 Å². The highest BCUT2D eigenvalue weighted by Gasteiger charge is 2.72. The van der Waals surface area contributed by atoms with Gasteiger partial charge < -0.3 is 10.6 Å². The van der Waals surface area contributed by atoms with E-state index in [4.69, 9.17) is 23.2 Å². The molecule has 2 fully saturated rings. The topological polar surface area (TPSA) is 100 Å². The summed E-state index contributed by atoms with van der Waals surface area (Å²) in [6, 6.07) is 12.1. The van der Waals surface area contributed by atoms with E-state index in [1.165, 1.54) is 12.3 Å². The Labute approximate surface area is 253 Å². The maximum Gasteiger partial charge on any atom is 0.242 e. The number of carbonyl (C=O) groups excluding carboxylic acids is 3. The van der Waals surface area contributed by atoms with Crippen LogP contribution < -0.4 is 16.0 Å². The van der Waals surface area contributed by atoms with E-state index in [0.29, 0.717) is 40.5 Å². The zero-order valence-corrected chi connectivity index (χ0v) is 24.8. The monoisotopic (exact) mass is 608 g/mol. The molecule has 1 aliphatic carbocycles. The summed E-state index contributed by atoms with van der Waals surface area (Å²) in [7, 11) is 0. The second kappa shape index (κ2) is 10.7. The molecule has 6 rings (SSSR count). The Hall–Kier alpha value is -3.33. The van der Waals surface area contributed by atoms with Crippen LogP contribution in [0.15, 0.2) is 54.7 Å². The van der Waals surface area contributed by atoms with E-state index in [1.807, 2.05) is 6.07 Å².